The molecule has 0 bridgehead atoms. The molecule has 0 amide bonds. The highest BCUT2D eigenvalue weighted by Crippen LogP contribution is 2.17. The maximum absolute atomic E-state index is 12.2. The van der Waals surface area contributed by atoms with Crippen LogP contribution in [0.3, 0.4) is 0 Å². The van der Waals surface area contributed by atoms with Crippen LogP contribution in [0, 0.1) is 11.8 Å². The predicted octanol–water partition coefficient (Wildman–Crippen LogP) is 10.6. The first-order valence-corrected chi connectivity index (χ1v) is 31.0. The Morgan fingerprint density at radius 2 is 0.500 bits per heavy atom. The summed E-state index contributed by atoms with van der Waals surface area (Å²) in [4.78, 5) is 47.5. The van der Waals surface area contributed by atoms with Crippen molar-refractivity contribution in [3.8, 4) is 0 Å². The lowest BCUT2D eigenvalue weighted by atomic mass is 10.0. The lowest BCUT2D eigenvalue weighted by molar-refractivity contribution is -0.312. The molecule has 0 rings (SSSR count). The first-order valence-electron chi connectivity index (χ1n) is 31.0. The van der Waals surface area contributed by atoms with Crippen LogP contribution in [0.25, 0.3) is 0 Å². The number of rotatable bonds is 65. The summed E-state index contributed by atoms with van der Waals surface area (Å²) in [5, 5.41) is 23.1. The highest BCUT2D eigenvalue weighted by atomic mass is 16.6. The van der Waals surface area contributed by atoms with Crippen LogP contribution in [0.1, 0.15) is 219 Å². The minimum atomic E-state index is -1.25. The summed E-state index contributed by atoms with van der Waals surface area (Å²) < 4.78 is 54.2. The molecule has 0 radical (unpaired) electrons. The third-order valence-electron chi connectivity index (χ3n) is 13.2. The van der Waals surface area contributed by atoms with E-state index in [-0.39, 0.29) is 52.1 Å². The fourth-order valence-corrected chi connectivity index (χ4v) is 8.43. The second-order valence-electron chi connectivity index (χ2n) is 20.3. The standard InChI is InChI=1S/C62H114O16/c1-3-5-7-9-11-13-15-17-19-21-23-25-27-29-31-33-35-57(61(65)66)55-59(63)77-53-51-75-49-47-73-45-43-71-41-39-69-37-38-70-40-42-72-44-46-74-48-50-76-52-54-78-60(64)56-58(62(67)68)36-34-32-30-28-26-24-22-20-18-16-14-12-10-8-6-4-2/h31-34,57-58H,3-30,35-56H2,1-2H3,(H,65,66)(H,67,68)/p-2/b33-31+,34-32+. The van der Waals surface area contributed by atoms with E-state index in [9.17, 15) is 29.4 Å². The number of carbonyl (C=O) groups is 4. The molecule has 0 aromatic carbocycles. The third-order valence-corrected chi connectivity index (χ3v) is 13.2. The molecule has 0 heterocycles. The fraction of sp³-hybridized carbons (Fsp3) is 0.871. The van der Waals surface area contributed by atoms with Crippen LogP contribution in [0.5, 0.6) is 0 Å². The molecule has 0 aliphatic heterocycles. The highest BCUT2D eigenvalue weighted by molar-refractivity contribution is 5.78. The summed E-state index contributed by atoms with van der Waals surface area (Å²) in [5.74, 6) is -5.48. The molecule has 0 N–H and O–H groups in total. The minimum Gasteiger partial charge on any atom is -0.550 e. The fourth-order valence-electron chi connectivity index (χ4n) is 8.43. The molecular weight excluding hydrogens is 1000 g/mol. The Kier molecular flexibility index (Phi) is 60.8. The molecule has 0 aromatic heterocycles. The predicted molar refractivity (Wildman–Crippen MR) is 303 cm³/mol. The van der Waals surface area contributed by atoms with Gasteiger partial charge in [-0.3, -0.25) is 9.59 Å². The lowest BCUT2D eigenvalue weighted by Crippen LogP contribution is -2.33. The SMILES string of the molecule is CCCCCCCCCCCCCCC/C=C/CC(CC(=O)OCCOCCOCCOCCOCCOCCOCCOCCOCCOC(=O)CC(C/C=C/CCCCCCCCCCCCCCC)C(=O)[O-])C(=O)[O-]. The number of unbranched alkanes of at least 4 members (excludes halogenated alkanes) is 26. The van der Waals surface area contributed by atoms with E-state index >= 15 is 0 Å². The van der Waals surface area contributed by atoms with Crippen molar-refractivity contribution < 1.29 is 76.8 Å². The Labute approximate surface area is 473 Å². The van der Waals surface area contributed by atoms with Crippen LogP contribution in [0.2, 0.25) is 0 Å². The van der Waals surface area contributed by atoms with Crippen molar-refractivity contribution in [2.75, 3.05) is 119 Å². The normalized spacial score (nSPS) is 12.5. The average molecular weight is 1110 g/mol. The first-order chi connectivity index (χ1) is 38.3. The van der Waals surface area contributed by atoms with Crippen LogP contribution in [0.15, 0.2) is 24.3 Å². The summed E-state index contributed by atoms with van der Waals surface area (Å²) in [5.41, 5.74) is 0. The van der Waals surface area contributed by atoms with Gasteiger partial charge in [0.05, 0.1) is 119 Å². The number of aliphatic carboxylic acids is 2. The number of carboxylic acids is 2. The second kappa shape index (κ2) is 63.2. The van der Waals surface area contributed by atoms with Gasteiger partial charge in [0, 0.05) is 23.8 Å². The van der Waals surface area contributed by atoms with E-state index in [4.69, 9.17) is 47.4 Å². The van der Waals surface area contributed by atoms with Crippen molar-refractivity contribution in [1.29, 1.82) is 0 Å². The minimum absolute atomic E-state index is 0.0355. The molecule has 0 saturated heterocycles. The molecule has 78 heavy (non-hydrogen) atoms. The van der Waals surface area contributed by atoms with E-state index in [2.05, 4.69) is 13.8 Å². The Morgan fingerprint density at radius 1 is 0.295 bits per heavy atom. The first kappa shape index (κ1) is 75.0. The molecule has 16 nitrogen and oxygen atoms in total. The second-order valence-corrected chi connectivity index (χ2v) is 20.3. The van der Waals surface area contributed by atoms with Gasteiger partial charge < -0.3 is 67.2 Å². The molecule has 0 aliphatic carbocycles. The van der Waals surface area contributed by atoms with Crippen LogP contribution in [-0.4, -0.2) is 143 Å². The van der Waals surface area contributed by atoms with E-state index in [1.807, 2.05) is 24.3 Å². The molecule has 458 valence electrons. The van der Waals surface area contributed by atoms with E-state index in [1.165, 1.54) is 154 Å². The van der Waals surface area contributed by atoms with Gasteiger partial charge in [0.25, 0.3) is 0 Å². The molecule has 0 aromatic rings. The molecule has 16 heteroatoms. The number of allylic oxidation sites excluding steroid dienone is 4. The van der Waals surface area contributed by atoms with Crippen LogP contribution >= 0.6 is 0 Å². The Bertz CT molecular complexity index is 1260. The van der Waals surface area contributed by atoms with Crippen molar-refractivity contribution in [2.24, 2.45) is 11.8 Å². The van der Waals surface area contributed by atoms with Gasteiger partial charge in [0.15, 0.2) is 0 Å². The van der Waals surface area contributed by atoms with E-state index in [0.29, 0.717) is 92.5 Å². The summed E-state index contributed by atoms with van der Waals surface area (Å²) >= 11 is 0. The highest BCUT2D eigenvalue weighted by Gasteiger charge is 2.16. The molecule has 2 atom stereocenters. The van der Waals surface area contributed by atoms with Gasteiger partial charge in [-0.2, -0.15) is 0 Å². The molecule has 2 unspecified atom stereocenters. The van der Waals surface area contributed by atoms with E-state index in [0.717, 1.165) is 25.7 Å². The van der Waals surface area contributed by atoms with Gasteiger partial charge >= 0.3 is 11.9 Å². The number of hydrogen-bond acceptors (Lipinski definition) is 16. The maximum atomic E-state index is 12.2. The van der Waals surface area contributed by atoms with Gasteiger partial charge in [0.1, 0.15) is 13.2 Å². The quantitative estimate of drug-likeness (QED) is 0.0315. The number of carboxylic acid groups (broad SMARTS) is 2. The smallest absolute Gasteiger partial charge is 0.306 e. The third kappa shape index (κ3) is 59.2. The van der Waals surface area contributed by atoms with Crippen LogP contribution in [-0.2, 0) is 66.5 Å². The van der Waals surface area contributed by atoms with Gasteiger partial charge in [-0.25, -0.2) is 0 Å². The van der Waals surface area contributed by atoms with Crippen molar-refractivity contribution in [3.63, 3.8) is 0 Å². The maximum Gasteiger partial charge on any atom is 0.306 e. The Balaban J connectivity index is 3.50. The zero-order chi connectivity index (χ0) is 56.7. The van der Waals surface area contributed by atoms with Gasteiger partial charge in [-0.1, -0.05) is 192 Å². The summed E-state index contributed by atoms with van der Waals surface area (Å²) in [6.45, 7) is 10.5. The van der Waals surface area contributed by atoms with E-state index < -0.39 is 35.7 Å². The number of carbonyl (C=O) groups excluding carboxylic acids is 4. The molecule has 0 saturated carbocycles. The van der Waals surface area contributed by atoms with Crippen molar-refractivity contribution in [2.45, 2.75) is 219 Å². The summed E-state index contributed by atoms with van der Waals surface area (Å²) in [6.07, 6.45) is 43.6. The van der Waals surface area contributed by atoms with Crippen molar-refractivity contribution in [1.82, 2.24) is 0 Å². The van der Waals surface area contributed by atoms with Crippen molar-refractivity contribution in [3.05, 3.63) is 24.3 Å². The zero-order valence-corrected chi connectivity index (χ0v) is 49.4. The van der Waals surface area contributed by atoms with Crippen LogP contribution in [0.4, 0.5) is 0 Å². The van der Waals surface area contributed by atoms with Gasteiger partial charge in [-0.05, 0) is 38.5 Å². The van der Waals surface area contributed by atoms with Crippen LogP contribution < -0.4 is 10.2 Å². The topological polar surface area (TPSA) is 207 Å². The largest absolute Gasteiger partial charge is 0.550 e. The molecule has 0 spiro atoms. The number of ether oxygens (including phenoxy) is 10. The summed E-state index contributed by atoms with van der Waals surface area (Å²) in [7, 11) is 0. The van der Waals surface area contributed by atoms with Gasteiger partial charge in [-0.15, -0.1) is 0 Å². The Hall–Kier alpha value is -2.96. The zero-order valence-electron chi connectivity index (χ0n) is 49.4. The van der Waals surface area contributed by atoms with Gasteiger partial charge in [0.2, 0.25) is 0 Å². The average Bonchev–Trinajstić information content (AvgIpc) is 3.42. The molecule has 0 aliphatic rings. The summed E-state index contributed by atoms with van der Waals surface area (Å²) in [6, 6.07) is 0. The Morgan fingerprint density at radius 3 is 0.718 bits per heavy atom. The lowest BCUT2D eigenvalue weighted by Gasteiger charge is -2.15. The molecular formula is C62H112O16-2. The monoisotopic (exact) mass is 1110 g/mol. The van der Waals surface area contributed by atoms with E-state index in [1.54, 1.807) is 0 Å². The van der Waals surface area contributed by atoms with Crippen molar-refractivity contribution >= 4 is 23.9 Å². The number of hydrogen-bond donors (Lipinski definition) is 0. The number of esters is 2. The molecule has 0 fully saturated rings.